The Morgan fingerprint density at radius 1 is 1.31 bits per heavy atom. The number of hydrogen-bond acceptors (Lipinski definition) is 4. The highest BCUT2D eigenvalue weighted by Crippen LogP contribution is 2.32. The van der Waals surface area contributed by atoms with Gasteiger partial charge in [-0.05, 0) is 42.8 Å². The van der Waals surface area contributed by atoms with E-state index in [0.717, 1.165) is 49.1 Å². The molecule has 1 amide bonds. The van der Waals surface area contributed by atoms with Crippen LogP contribution in [0.4, 0.5) is 0 Å². The van der Waals surface area contributed by atoms with Gasteiger partial charge < -0.3 is 4.90 Å². The van der Waals surface area contributed by atoms with Gasteiger partial charge in [0.05, 0.1) is 5.69 Å². The van der Waals surface area contributed by atoms with Crippen LogP contribution < -0.4 is 0 Å². The van der Waals surface area contributed by atoms with Crippen molar-refractivity contribution in [3.63, 3.8) is 0 Å². The first-order chi connectivity index (χ1) is 12.6. The summed E-state index contributed by atoms with van der Waals surface area (Å²) < 4.78 is 1.87. The summed E-state index contributed by atoms with van der Waals surface area (Å²) in [5.74, 6) is 0.731. The third-order valence-corrected chi connectivity index (χ3v) is 6.23. The average molecular weight is 369 g/mol. The van der Waals surface area contributed by atoms with Crippen LogP contribution in [0.2, 0.25) is 0 Å². The summed E-state index contributed by atoms with van der Waals surface area (Å²) in [5, 5.41) is 7.94. The van der Waals surface area contributed by atoms with Gasteiger partial charge in [0, 0.05) is 48.4 Å². The second-order valence-corrected chi connectivity index (χ2v) is 8.20. The number of piperidine rings is 1. The minimum absolute atomic E-state index is 0.0464. The van der Waals surface area contributed by atoms with Gasteiger partial charge in [0.2, 0.25) is 5.91 Å². The van der Waals surface area contributed by atoms with Gasteiger partial charge >= 0.3 is 0 Å². The van der Waals surface area contributed by atoms with Crippen molar-refractivity contribution >= 4 is 28.3 Å². The number of amides is 1. The van der Waals surface area contributed by atoms with Crippen molar-refractivity contribution < 1.29 is 4.79 Å². The molecular formula is C20H24N4OS. The molecule has 1 aliphatic rings. The highest BCUT2D eigenvalue weighted by Gasteiger charge is 2.29. The fourth-order valence-electron chi connectivity index (χ4n) is 3.92. The number of thiophene rings is 1. The Bertz CT molecular complexity index is 894. The number of aromatic nitrogens is 3. The topological polar surface area (TPSA) is 51.0 Å². The van der Waals surface area contributed by atoms with E-state index < -0.39 is 0 Å². The van der Waals surface area contributed by atoms with E-state index in [1.54, 1.807) is 11.3 Å². The molecule has 1 atom stereocenters. The Balaban J connectivity index is 1.41. The lowest BCUT2D eigenvalue weighted by Gasteiger charge is -2.33. The molecule has 3 aromatic heterocycles. The highest BCUT2D eigenvalue weighted by molar-refractivity contribution is 7.09. The van der Waals surface area contributed by atoms with Crippen LogP contribution in [-0.4, -0.2) is 38.7 Å². The second kappa shape index (κ2) is 7.19. The Morgan fingerprint density at radius 2 is 2.12 bits per heavy atom. The van der Waals surface area contributed by atoms with Crippen LogP contribution in [0.3, 0.4) is 0 Å². The van der Waals surface area contributed by atoms with Crippen LogP contribution in [0.5, 0.6) is 0 Å². The molecule has 0 saturated carbocycles. The largest absolute Gasteiger partial charge is 0.342 e. The summed E-state index contributed by atoms with van der Waals surface area (Å²) in [6.07, 6.45) is 4.59. The van der Waals surface area contributed by atoms with Crippen LogP contribution in [0.1, 0.15) is 36.3 Å². The van der Waals surface area contributed by atoms with E-state index in [-0.39, 0.29) is 11.8 Å². The minimum atomic E-state index is 0.0464. The zero-order chi connectivity index (χ0) is 18.1. The van der Waals surface area contributed by atoms with Gasteiger partial charge in [-0.3, -0.25) is 9.48 Å². The number of rotatable bonds is 4. The van der Waals surface area contributed by atoms with Crippen molar-refractivity contribution in [1.29, 1.82) is 0 Å². The van der Waals surface area contributed by atoms with E-state index in [1.165, 1.54) is 4.88 Å². The van der Waals surface area contributed by atoms with Crippen molar-refractivity contribution in [3.05, 3.63) is 46.4 Å². The van der Waals surface area contributed by atoms with Gasteiger partial charge in [-0.1, -0.05) is 13.0 Å². The highest BCUT2D eigenvalue weighted by atomic mass is 32.1. The molecule has 136 valence electrons. The minimum Gasteiger partial charge on any atom is -0.342 e. The number of nitrogens with zero attached hydrogens (tertiary/aromatic N) is 4. The fourth-order valence-corrected chi connectivity index (χ4v) is 4.76. The van der Waals surface area contributed by atoms with Crippen LogP contribution in [0.25, 0.3) is 11.0 Å². The summed E-state index contributed by atoms with van der Waals surface area (Å²) in [5.41, 5.74) is 2.07. The molecule has 0 N–H and O–H groups in total. The molecule has 26 heavy (non-hydrogen) atoms. The molecule has 0 spiro atoms. The van der Waals surface area contributed by atoms with Crippen molar-refractivity contribution in [2.24, 2.45) is 13.0 Å². The molecule has 0 aliphatic carbocycles. The number of likely N-dealkylation sites (tertiary alicyclic amines) is 1. The van der Waals surface area contributed by atoms with Gasteiger partial charge in [-0.15, -0.1) is 11.3 Å². The number of pyridine rings is 1. The standard InChI is InChI=1S/C20H24N4OS/c1-14(13-16-5-4-12-26-16)20(25)24-10-7-15(8-11-24)18-17-6-3-9-21-19(17)23(2)22-18/h3-6,9,12,14-15H,7-8,10-11,13H2,1-2H3/t14-/m1/s1. The second-order valence-electron chi connectivity index (χ2n) is 7.17. The molecule has 1 fully saturated rings. The predicted octanol–water partition coefficient (Wildman–Crippen LogP) is 3.61. The Labute approximate surface area is 157 Å². The lowest BCUT2D eigenvalue weighted by Crippen LogP contribution is -2.41. The van der Waals surface area contributed by atoms with Crippen molar-refractivity contribution in [3.8, 4) is 0 Å². The molecule has 0 radical (unpaired) electrons. The smallest absolute Gasteiger partial charge is 0.225 e. The number of hydrogen-bond donors (Lipinski definition) is 0. The molecule has 5 nitrogen and oxygen atoms in total. The average Bonchev–Trinajstić information content (AvgIpc) is 3.30. The molecule has 4 heterocycles. The molecule has 0 bridgehead atoms. The SMILES string of the molecule is C[C@H](Cc1cccs1)C(=O)N1CCC(c2nn(C)c3ncccc23)CC1. The summed E-state index contributed by atoms with van der Waals surface area (Å²) in [6.45, 7) is 3.68. The predicted molar refractivity (Wildman–Crippen MR) is 104 cm³/mol. The Kier molecular flexibility index (Phi) is 4.76. The first-order valence-corrected chi connectivity index (χ1v) is 10.1. The molecule has 1 saturated heterocycles. The number of fused-ring (bicyclic) bond motifs is 1. The third-order valence-electron chi connectivity index (χ3n) is 5.33. The number of carbonyl (C=O) groups is 1. The Hall–Kier alpha value is -2.21. The first kappa shape index (κ1) is 17.2. The molecule has 0 aromatic carbocycles. The molecule has 1 aliphatic heterocycles. The van der Waals surface area contributed by atoms with Gasteiger partial charge in [0.15, 0.2) is 5.65 Å². The quantitative estimate of drug-likeness (QED) is 0.707. The van der Waals surface area contributed by atoms with Crippen LogP contribution in [0, 0.1) is 5.92 Å². The summed E-state index contributed by atoms with van der Waals surface area (Å²) in [6, 6.07) is 8.24. The van der Waals surface area contributed by atoms with Gasteiger partial charge in [-0.25, -0.2) is 4.98 Å². The lowest BCUT2D eigenvalue weighted by molar-refractivity contribution is -0.136. The van der Waals surface area contributed by atoms with Crippen LogP contribution in [0.15, 0.2) is 35.8 Å². The molecule has 0 unspecified atom stereocenters. The summed E-state index contributed by atoms with van der Waals surface area (Å²) in [4.78, 5) is 20.5. The number of carbonyl (C=O) groups excluding carboxylic acids is 1. The van der Waals surface area contributed by atoms with E-state index in [1.807, 2.05) is 35.8 Å². The van der Waals surface area contributed by atoms with Crippen LogP contribution >= 0.6 is 11.3 Å². The maximum Gasteiger partial charge on any atom is 0.225 e. The maximum absolute atomic E-state index is 12.8. The Morgan fingerprint density at radius 3 is 2.85 bits per heavy atom. The van der Waals surface area contributed by atoms with E-state index in [2.05, 4.69) is 28.6 Å². The molecule has 3 aromatic rings. The van der Waals surface area contributed by atoms with Crippen molar-refractivity contribution in [2.45, 2.75) is 32.1 Å². The van der Waals surface area contributed by atoms with Gasteiger partial charge in [0.1, 0.15) is 0 Å². The first-order valence-electron chi connectivity index (χ1n) is 9.22. The third kappa shape index (κ3) is 3.26. The van der Waals surface area contributed by atoms with E-state index in [4.69, 9.17) is 5.10 Å². The monoisotopic (exact) mass is 368 g/mol. The van der Waals surface area contributed by atoms with Gasteiger partial charge in [0.25, 0.3) is 0 Å². The molecule has 4 rings (SSSR count). The normalized spacial score (nSPS) is 16.9. The van der Waals surface area contributed by atoms with Gasteiger partial charge in [-0.2, -0.15) is 5.10 Å². The van der Waals surface area contributed by atoms with Crippen molar-refractivity contribution in [1.82, 2.24) is 19.7 Å². The maximum atomic E-state index is 12.8. The van der Waals surface area contributed by atoms with Crippen LogP contribution in [-0.2, 0) is 18.3 Å². The zero-order valence-electron chi connectivity index (χ0n) is 15.3. The summed E-state index contributed by atoms with van der Waals surface area (Å²) in [7, 11) is 1.95. The number of aryl methyl sites for hydroxylation is 1. The van der Waals surface area contributed by atoms with E-state index in [0.29, 0.717) is 5.92 Å². The molecular weight excluding hydrogens is 344 g/mol. The fraction of sp³-hybridized carbons (Fsp3) is 0.450. The zero-order valence-corrected chi connectivity index (χ0v) is 16.1. The summed E-state index contributed by atoms with van der Waals surface area (Å²) >= 11 is 1.73. The van der Waals surface area contributed by atoms with E-state index >= 15 is 0 Å². The van der Waals surface area contributed by atoms with E-state index in [9.17, 15) is 4.79 Å². The van der Waals surface area contributed by atoms with Crippen molar-refractivity contribution in [2.75, 3.05) is 13.1 Å². The molecule has 6 heteroatoms. The lowest BCUT2D eigenvalue weighted by atomic mass is 9.91.